The zero-order valence-corrected chi connectivity index (χ0v) is 20.0. The quantitative estimate of drug-likeness (QED) is 0.120. The van der Waals surface area contributed by atoms with Crippen molar-refractivity contribution in [1.82, 2.24) is 5.32 Å². The molecule has 0 bridgehead atoms. The van der Waals surface area contributed by atoms with Gasteiger partial charge in [-0.05, 0) is 18.8 Å². The third-order valence-electron chi connectivity index (χ3n) is 5.62. The average molecular weight is 414 g/mol. The van der Waals surface area contributed by atoms with Crippen molar-refractivity contribution in [3.05, 3.63) is 0 Å². The van der Waals surface area contributed by atoms with Crippen molar-refractivity contribution in [3.8, 4) is 0 Å². The largest absolute Gasteiger partial charge is 0.446 e. The number of ether oxygens (including phenoxy) is 1. The predicted octanol–water partition coefficient (Wildman–Crippen LogP) is 7.09. The molecule has 174 valence electrons. The smallest absolute Gasteiger partial charge is 0.307 e. The molecule has 0 spiro atoms. The standard InChI is InChI=1S/C25H51NO3/c1-5-7-8-9-10-11-12-13-14-15-16-17-18-19-20-21-24(27)29-23(6-2)26-25(28)22(3)4/h22-23,25-26,28H,5-21H2,1-4H3. The molecule has 0 fully saturated rings. The van der Waals surface area contributed by atoms with Crippen LogP contribution in [-0.4, -0.2) is 23.5 Å². The van der Waals surface area contributed by atoms with E-state index in [2.05, 4.69) is 12.2 Å². The Balaban J connectivity index is 3.42. The molecule has 29 heavy (non-hydrogen) atoms. The summed E-state index contributed by atoms with van der Waals surface area (Å²) in [6.45, 7) is 8.09. The number of hydrogen-bond donors (Lipinski definition) is 2. The summed E-state index contributed by atoms with van der Waals surface area (Å²) in [5.74, 6) is -0.0618. The maximum atomic E-state index is 12.0. The van der Waals surface area contributed by atoms with Gasteiger partial charge in [-0.1, -0.05) is 118 Å². The molecule has 0 heterocycles. The minimum absolute atomic E-state index is 0.0956. The number of aliphatic hydroxyl groups excluding tert-OH is 1. The molecule has 0 saturated carbocycles. The molecule has 4 nitrogen and oxygen atoms in total. The van der Waals surface area contributed by atoms with Gasteiger partial charge in [-0.2, -0.15) is 0 Å². The van der Waals surface area contributed by atoms with E-state index in [1.807, 2.05) is 20.8 Å². The molecule has 0 radical (unpaired) electrons. The van der Waals surface area contributed by atoms with Crippen LogP contribution < -0.4 is 5.32 Å². The molecule has 2 N–H and O–H groups in total. The molecule has 0 saturated heterocycles. The van der Waals surface area contributed by atoms with Crippen LogP contribution in [0.15, 0.2) is 0 Å². The van der Waals surface area contributed by atoms with Crippen LogP contribution in [0.4, 0.5) is 0 Å². The lowest BCUT2D eigenvalue weighted by molar-refractivity contribution is -0.153. The molecule has 0 aliphatic rings. The monoisotopic (exact) mass is 413 g/mol. The Labute approximate surface area is 181 Å². The topological polar surface area (TPSA) is 58.6 Å². The van der Waals surface area contributed by atoms with Crippen LogP contribution in [0.2, 0.25) is 0 Å². The summed E-state index contributed by atoms with van der Waals surface area (Å²) >= 11 is 0. The van der Waals surface area contributed by atoms with Crippen molar-refractivity contribution in [2.45, 2.75) is 149 Å². The van der Waals surface area contributed by atoms with Crippen LogP contribution in [0.25, 0.3) is 0 Å². The molecule has 0 aliphatic carbocycles. The van der Waals surface area contributed by atoms with Crippen molar-refractivity contribution in [1.29, 1.82) is 0 Å². The fourth-order valence-corrected chi connectivity index (χ4v) is 3.48. The van der Waals surface area contributed by atoms with Gasteiger partial charge in [-0.15, -0.1) is 0 Å². The molecule has 2 unspecified atom stereocenters. The van der Waals surface area contributed by atoms with Gasteiger partial charge in [-0.25, -0.2) is 0 Å². The van der Waals surface area contributed by atoms with Gasteiger partial charge in [0.15, 0.2) is 6.23 Å². The molecule has 0 rings (SSSR count). The van der Waals surface area contributed by atoms with Crippen LogP contribution in [0.1, 0.15) is 137 Å². The maximum absolute atomic E-state index is 12.0. The van der Waals surface area contributed by atoms with E-state index in [0.717, 1.165) is 12.8 Å². The number of esters is 1. The van der Waals surface area contributed by atoms with E-state index >= 15 is 0 Å². The van der Waals surface area contributed by atoms with Gasteiger partial charge >= 0.3 is 5.97 Å². The molecule has 0 aromatic heterocycles. The Morgan fingerprint density at radius 1 is 0.759 bits per heavy atom. The molecule has 0 aliphatic heterocycles. The molecule has 2 atom stereocenters. The van der Waals surface area contributed by atoms with Crippen LogP contribution in [0.5, 0.6) is 0 Å². The Bertz CT molecular complexity index is 360. The van der Waals surface area contributed by atoms with E-state index in [9.17, 15) is 9.90 Å². The number of unbranched alkanes of at least 4 members (excludes halogenated alkanes) is 14. The van der Waals surface area contributed by atoms with Crippen molar-refractivity contribution in [3.63, 3.8) is 0 Å². The number of aliphatic hydroxyl groups is 1. The summed E-state index contributed by atoms with van der Waals surface area (Å²) in [5.41, 5.74) is 0. The Kier molecular flexibility index (Phi) is 20.2. The summed E-state index contributed by atoms with van der Waals surface area (Å²) in [6, 6.07) is 0. The molecular formula is C25H51NO3. The summed E-state index contributed by atoms with van der Waals surface area (Å²) in [7, 11) is 0. The number of hydrogen-bond acceptors (Lipinski definition) is 4. The molecule has 0 aromatic carbocycles. The van der Waals surface area contributed by atoms with Gasteiger partial charge in [0, 0.05) is 6.42 Å². The highest BCUT2D eigenvalue weighted by Gasteiger charge is 2.17. The predicted molar refractivity (Wildman–Crippen MR) is 124 cm³/mol. The van der Waals surface area contributed by atoms with E-state index in [4.69, 9.17) is 4.74 Å². The maximum Gasteiger partial charge on any atom is 0.307 e. The van der Waals surface area contributed by atoms with E-state index < -0.39 is 12.5 Å². The third kappa shape index (κ3) is 19.1. The molecule has 0 aromatic rings. The normalized spacial score (nSPS) is 13.6. The minimum Gasteiger partial charge on any atom is -0.446 e. The molecule has 4 heteroatoms. The Hall–Kier alpha value is -0.610. The van der Waals surface area contributed by atoms with Crippen molar-refractivity contribution < 1.29 is 14.6 Å². The molecular weight excluding hydrogens is 362 g/mol. The van der Waals surface area contributed by atoms with Gasteiger partial charge in [0.2, 0.25) is 0 Å². The van der Waals surface area contributed by atoms with Crippen molar-refractivity contribution in [2.24, 2.45) is 5.92 Å². The van der Waals surface area contributed by atoms with Crippen LogP contribution >= 0.6 is 0 Å². The van der Waals surface area contributed by atoms with Crippen LogP contribution in [0, 0.1) is 5.92 Å². The lowest BCUT2D eigenvalue weighted by Crippen LogP contribution is -2.43. The van der Waals surface area contributed by atoms with Crippen molar-refractivity contribution >= 4 is 5.97 Å². The second-order valence-corrected chi connectivity index (χ2v) is 8.94. The number of carbonyl (C=O) groups is 1. The average Bonchev–Trinajstić information content (AvgIpc) is 2.70. The number of carbonyl (C=O) groups excluding carboxylic acids is 1. The Morgan fingerprint density at radius 2 is 1.17 bits per heavy atom. The summed E-state index contributed by atoms with van der Waals surface area (Å²) in [5, 5.41) is 12.8. The van der Waals surface area contributed by atoms with E-state index in [0.29, 0.717) is 12.8 Å². The van der Waals surface area contributed by atoms with Gasteiger partial charge in [0.05, 0.1) is 0 Å². The van der Waals surface area contributed by atoms with Crippen molar-refractivity contribution in [2.75, 3.05) is 0 Å². The SMILES string of the molecule is CCCCCCCCCCCCCCCCCC(=O)OC(CC)NC(O)C(C)C. The van der Waals surface area contributed by atoms with Crippen LogP contribution in [-0.2, 0) is 9.53 Å². The highest BCUT2D eigenvalue weighted by molar-refractivity contribution is 5.69. The number of rotatable bonds is 21. The van der Waals surface area contributed by atoms with E-state index in [1.54, 1.807) is 0 Å². The Morgan fingerprint density at radius 3 is 1.55 bits per heavy atom. The zero-order chi connectivity index (χ0) is 21.7. The van der Waals surface area contributed by atoms with Gasteiger partial charge in [-0.3, -0.25) is 10.1 Å². The fraction of sp³-hybridized carbons (Fsp3) is 0.960. The first kappa shape index (κ1) is 28.4. The highest BCUT2D eigenvalue weighted by Crippen LogP contribution is 2.14. The van der Waals surface area contributed by atoms with Crippen LogP contribution in [0.3, 0.4) is 0 Å². The third-order valence-corrected chi connectivity index (χ3v) is 5.62. The summed E-state index contributed by atoms with van der Waals surface area (Å²) < 4.78 is 5.43. The lowest BCUT2D eigenvalue weighted by Gasteiger charge is -2.23. The first-order valence-electron chi connectivity index (χ1n) is 12.6. The summed E-state index contributed by atoms with van der Waals surface area (Å²) in [6.07, 6.45) is 19.9. The fourth-order valence-electron chi connectivity index (χ4n) is 3.48. The number of nitrogens with one attached hydrogen (secondary N) is 1. The van der Waals surface area contributed by atoms with E-state index in [1.165, 1.54) is 83.5 Å². The second kappa shape index (κ2) is 20.7. The zero-order valence-electron chi connectivity index (χ0n) is 20.0. The first-order valence-corrected chi connectivity index (χ1v) is 12.6. The summed E-state index contributed by atoms with van der Waals surface area (Å²) in [4.78, 5) is 12.0. The molecule has 0 amide bonds. The lowest BCUT2D eigenvalue weighted by atomic mass is 10.0. The van der Waals surface area contributed by atoms with E-state index in [-0.39, 0.29) is 11.9 Å². The minimum atomic E-state index is -0.640. The van der Waals surface area contributed by atoms with Gasteiger partial charge in [0.25, 0.3) is 0 Å². The van der Waals surface area contributed by atoms with Gasteiger partial charge < -0.3 is 9.84 Å². The first-order chi connectivity index (χ1) is 14.0. The second-order valence-electron chi connectivity index (χ2n) is 8.94. The van der Waals surface area contributed by atoms with Gasteiger partial charge in [0.1, 0.15) is 6.23 Å². The highest BCUT2D eigenvalue weighted by atomic mass is 16.6.